The molecule has 3 rings (SSSR count). The van der Waals surface area contributed by atoms with E-state index in [9.17, 15) is 4.79 Å². The van der Waals surface area contributed by atoms with E-state index in [0.29, 0.717) is 30.3 Å². The zero-order valence-corrected chi connectivity index (χ0v) is 16.3. The summed E-state index contributed by atoms with van der Waals surface area (Å²) in [4.78, 5) is 16.3. The smallest absolute Gasteiger partial charge is 0.264 e. The highest BCUT2D eigenvalue weighted by Gasteiger charge is 2.37. The van der Waals surface area contributed by atoms with E-state index < -0.39 is 0 Å². The molecule has 1 saturated carbocycles. The van der Waals surface area contributed by atoms with E-state index in [1.807, 2.05) is 23.6 Å². The molecule has 0 aliphatic heterocycles. The Morgan fingerprint density at radius 1 is 1.16 bits per heavy atom. The number of carbonyl (C=O) groups is 1. The number of benzene rings is 1. The minimum atomic E-state index is 0.198. The van der Waals surface area contributed by atoms with Crippen LogP contribution in [0.25, 0.3) is 0 Å². The van der Waals surface area contributed by atoms with Crippen molar-refractivity contribution in [3.63, 3.8) is 0 Å². The maximum absolute atomic E-state index is 13.3. The van der Waals surface area contributed by atoms with Gasteiger partial charge in [0.2, 0.25) is 0 Å². The first kappa shape index (κ1) is 18.2. The maximum Gasteiger partial charge on any atom is 0.264 e. The molecule has 0 radical (unpaired) electrons. The molecule has 0 bridgehead atoms. The summed E-state index contributed by atoms with van der Waals surface area (Å²) >= 11 is 1.55. The molecule has 2 nitrogen and oxygen atoms in total. The number of hydrogen-bond donors (Lipinski definition) is 0. The van der Waals surface area contributed by atoms with Gasteiger partial charge in [0.05, 0.1) is 4.88 Å². The number of amides is 1. The van der Waals surface area contributed by atoms with Gasteiger partial charge in [0, 0.05) is 12.6 Å². The summed E-state index contributed by atoms with van der Waals surface area (Å²) in [5.41, 5.74) is 1.22. The standard InChI is InChI=1S/C22H29NOS/c1-16(2)19-12-11-17(3)14-20(19)23(15-18-8-5-4-6-9-18)22(24)21-10-7-13-25-21/h4-10,13,16-17,19-20H,11-12,14-15H2,1-3H3/t17-,19-,20-/m0/s1. The Hall–Kier alpha value is -1.61. The lowest BCUT2D eigenvalue weighted by Gasteiger charge is -2.44. The largest absolute Gasteiger partial charge is 0.330 e. The molecule has 0 spiro atoms. The molecule has 1 aromatic heterocycles. The summed E-state index contributed by atoms with van der Waals surface area (Å²) in [6.07, 6.45) is 3.63. The van der Waals surface area contributed by atoms with Crippen molar-refractivity contribution in [2.75, 3.05) is 0 Å². The molecule has 1 fully saturated rings. The van der Waals surface area contributed by atoms with E-state index in [4.69, 9.17) is 0 Å². The Kier molecular flexibility index (Phi) is 5.95. The first-order valence-corrected chi connectivity index (χ1v) is 10.3. The first-order chi connectivity index (χ1) is 12.1. The van der Waals surface area contributed by atoms with E-state index in [0.717, 1.165) is 11.3 Å². The summed E-state index contributed by atoms with van der Waals surface area (Å²) in [6.45, 7) is 7.66. The predicted molar refractivity (Wildman–Crippen MR) is 106 cm³/mol. The van der Waals surface area contributed by atoms with Crippen LogP contribution in [0.5, 0.6) is 0 Å². The van der Waals surface area contributed by atoms with Gasteiger partial charge in [-0.3, -0.25) is 4.79 Å². The highest BCUT2D eigenvalue weighted by atomic mass is 32.1. The first-order valence-electron chi connectivity index (χ1n) is 9.44. The zero-order chi connectivity index (χ0) is 17.8. The number of thiophene rings is 1. The SMILES string of the molecule is CC(C)[C@@H]1CC[C@H](C)C[C@@H]1N(Cc1ccccc1)C(=O)c1cccs1. The van der Waals surface area contributed by atoms with Gasteiger partial charge in [-0.15, -0.1) is 11.3 Å². The third-order valence-corrected chi connectivity index (χ3v) is 6.43. The second kappa shape index (κ2) is 8.18. The molecule has 3 heteroatoms. The van der Waals surface area contributed by atoms with Crippen LogP contribution in [-0.2, 0) is 6.54 Å². The van der Waals surface area contributed by atoms with E-state index in [2.05, 4.69) is 49.9 Å². The molecule has 3 atom stereocenters. The topological polar surface area (TPSA) is 20.3 Å². The molecule has 25 heavy (non-hydrogen) atoms. The van der Waals surface area contributed by atoms with Crippen molar-refractivity contribution < 1.29 is 4.79 Å². The number of nitrogens with zero attached hydrogens (tertiary/aromatic N) is 1. The molecular weight excluding hydrogens is 326 g/mol. The van der Waals surface area contributed by atoms with E-state index in [1.54, 1.807) is 11.3 Å². The van der Waals surface area contributed by atoms with Gasteiger partial charge in [0.25, 0.3) is 5.91 Å². The summed E-state index contributed by atoms with van der Waals surface area (Å²) in [6, 6.07) is 14.7. The minimum absolute atomic E-state index is 0.198. The van der Waals surface area contributed by atoms with Crippen LogP contribution in [0, 0.1) is 17.8 Å². The van der Waals surface area contributed by atoms with Gasteiger partial charge in [0.1, 0.15) is 0 Å². The predicted octanol–water partition coefficient (Wildman–Crippen LogP) is 5.85. The second-order valence-corrected chi connectivity index (χ2v) is 8.74. The average molecular weight is 356 g/mol. The van der Waals surface area contributed by atoms with Gasteiger partial charge in [-0.05, 0) is 47.6 Å². The van der Waals surface area contributed by atoms with Crippen molar-refractivity contribution in [3.05, 3.63) is 58.3 Å². The second-order valence-electron chi connectivity index (χ2n) is 7.79. The molecule has 0 saturated heterocycles. The van der Waals surface area contributed by atoms with Gasteiger partial charge >= 0.3 is 0 Å². The lowest BCUT2D eigenvalue weighted by molar-refractivity contribution is 0.0371. The number of rotatable bonds is 5. The third-order valence-electron chi connectivity index (χ3n) is 5.58. The molecule has 134 valence electrons. The fraction of sp³-hybridized carbons (Fsp3) is 0.500. The van der Waals surface area contributed by atoms with E-state index >= 15 is 0 Å². The fourth-order valence-electron chi connectivity index (χ4n) is 4.17. The van der Waals surface area contributed by atoms with E-state index in [-0.39, 0.29) is 5.91 Å². The highest BCUT2D eigenvalue weighted by Crippen LogP contribution is 2.37. The van der Waals surface area contributed by atoms with Crippen LogP contribution in [0.15, 0.2) is 47.8 Å². The Bertz CT molecular complexity index is 665. The van der Waals surface area contributed by atoms with Crippen molar-refractivity contribution in [2.45, 2.75) is 52.6 Å². The van der Waals surface area contributed by atoms with Crippen molar-refractivity contribution in [3.8, 4) is 0 Å². The van der Waals surface area contributed by atoms with Crippen LogP contribution in [0.4, 0.5) is 0 Å². The van der Waals surface area contributed by atoms with Crippen LogP contribution < -0.4 is 0 Å². The minimum Gasteiger partial charge on any atom is -0.330 e. The molecule has 0 unspecified atom stereocenters. The molecule has 1 heterocycles. The molecule has 1 aliphatic carbocycles. The average Bonchev–Trinajstić information content (AvgIpc) is 3.14. The molecule has 1 aromatic carbocycles. The van der Waals surface area contributed by atoms with Crippen LogP contribution in [-0.4, -0.2) is 16.8 Å². The van der Waals surface area contributed by atoms with Crippen molar-refractivity contribution in [2.24, 2.45) is 17.8 Å². The quantitative estimate of drug-likeness (QED) is 0.658. The maximum atomic E-state index is 13.3. The van der Waals surface area contributed by atoms with Crippen LogP contribution in [0.3, 0.4) is 0 Å². The summed E-state index contributed by atoms with van der Waals surface area (Å²) in [5, 5.41) is 2.00. The Morgan fingerprint density at radius 3 is 2.56 bits per heavy atom. The Balaban J connectivity index is 1.92. The third kappa shape index (κ3) is 4.33. The van der Waals surface area contributed by atoms with Crippen molar-refractivity contribution >= 4 is 17.2 Å². The number of hydrogen-bond acceptors (Lipinski definition) is 2. The van der Waals surface area contributed by atoms with Crippen molar-refractivity contribution in [1.82, 2.24) is 4.90 Å². The Labute approximate surface area is 155 Å². The molecule has 0 N–H and O–H groups in total. The normalized spacial score (nSPS) is 23.6. The van der Waals surface area contributed by atoms with Gasteiger partial charge in [-0.1, -0.05) is 63.6 Å². The summed E-state index contributed by atoms with van der Waals surface area (Å²) in [5.74, 6) is 2.08. The van der Waals surface area contributed by atoms with Crippen molar-refractivity contribution in [1.29, 1.82) is 0 Å². The molecule has 1 aliphatic rings. The van der Waals surface area contributed by atoms with Crippen LogP contribution in [0.1, 0.15) is 55.3 Å². The number of carbonyl (C=O) groups excluding carboxylic acids is 1. The van der Waals surface area contributed by atoms with Gasteiger partial charge in [-0.25, -0.2) is 0 Å². The van der Waals surface area contributed by atoms with E-state index in [1.165, 1.54) is 18.4 Å². The molecule has 1 amide bonds. The lowest BCUT2D eigenvalue weighted by Crippen LogP contribution is -2.48. The van der Waals surface area contributed by atoms with Gasteiger partial charge in [-0.2, -0.15) is 0 Å². The van der Waals surface area contributed by atoms with Gasteiger partial charge in [0.15, 0.2) is 0 Å². The highest BCUT2D eigenvalue weighted by molar-refractivity contribution is 7.12. The Morgan fingerprint density at radius 2 is 1.92 bits per heavy atom. The lowest BCUT2D eigenvalue weighted by atomic mass is 9.73. The summed E-state index contributed by atoms with van der Waals surface area (Å²) < 4.78 is 0. The summed E-state index contributed by atoms with van der Waals surface area (Å²) in [7, 11) is 0. The zero-order valence-electron chi connectivity index (χ0n) is 15.5. The molecule has 2 aromatic rings. The van der Waals surface area contributed by atoms with Crippen LogP contribution in [0.2, 0.25) is 0 Å². The monoisotopic (exact) mass is 355 g/mol. The van der Waals surface area contributed by atoms with Crippen LogP contribution >= 0.6 is 11.3 Å². The fourth-order valence-corrected chi connectivity index (χ4v) is 4.85. The van der Waals surface area contributed by atoms with Gasteiger partial charge < -0.3 is 4.90 Å². The molecular formula is C22H29NOS.